The highest BCUT2D eigenvalue weighted by molar-refractivity contribution is 4.97. The van der Waals surface area contributed by atoms with Gasteiger partial charge in [0.25, 0.3) is 0 Å². The van der Waals surface area contributed by atoms with Gasteiger partial charge in [-0.3, -0.25) is 0 Å². The van der Waals surface area contributed by atoms with Crippen LogP contribution in [-0.4, -0.2) is 37.1 Å². The molecule has 2 rings (SSSR count). The predicted octanol–water partition coefficient (Wildman–Crippen LogP) is 2.25. The van der Waals surface area contributed by atoms with Crippen molar-refractivity contribution in [1.82, 2.24) is 10.2 Å². The van der Waals surface area contributed by atoms with Gasteiger partial charge < -0.3 is 10.2 Å². The molecule has 0 radical (unpaired) electrons. The third-order valence-electron chi connectivity index (χ3n) is 3.10. The molecule has 0 aliphatic carbocycles. The van der Waals surface area contributed by atoms with Crippen molar-refractivity contribution in [2.75, 3.05) is 26.7 Å². The highest BCUT2D eigenvalue weighted by atomic mass is 15.2. The average molecular weight is 198 g/mol. The van der Waals surface area contributed by atoms with Gasteiger partial charge in [-0.2, -0.15) is 0 Å². The summed E-state index contributed by atoms with van der Waals surface area (Å²) in [7, 11) is 2.24. The Bertz CT molecular complexity index is 150. The van der Waals surface area contributed by atoms with E-state index < -0.39 is 0 Å². The minimum absolute atomic E-state index is 0.521. The minimum Gasteiger partial charge on any atom is -0.310 e. The molecule has 0 aromatic carbocycles. The van der Waals surface area contributed by atoms with Crippen molar-refractivity contribution in [3.8, 4) is 0 Å². The average Bonchev–Trinajstić information content (AvgIpc) is 2.54. The zero-order chi connectivity index (χ0) is 10.4. The Hall–Kier alpha value is -0.0800. The zero-order valence-corrected chi connectivity index (χ0v) is 10.1. The maximum Gasteiger partial charge on any atom is 0.0309 e. The monoisotopic (exact) mass is 198 g/mol. The lowest BCUT2D eigenvalue weighted by atomic mass is 9.88. The third-order valence-corrected chi connectivity index (χ3v) is 3.10. The number of nitrogens with one attached hydrogen (secondary N) is 1. The van der Waals surface area contributed by atoms with E-state index in [4.69, 9.17) is 0 Å². The number of likely N-dealkylation sites (tertiary alicyclic amines) is 1. The molecule has 0 aromatic rings. The Morgan fingerprint density at radius 1 is 1.21 bits per heavy atom. The van der Waals surface area contributed by atoms with E-state index in [-0.39, 0.29) is 0 Å². The van der Waals surface area contributed by atoms with Crippen LogP contribution in [0.2, 0.25) is 0 Å². The van der Waals surface area contributed by atoms with Gasteiger partial charge in [0.2, 0.25) is 0 Å². The summed E-state index contributed by atoms with van der Waals surface area (Å²) in [6, 6.07) is 0. The topological polar surface area (TPSA) is 15.3 Å². The molecule has 2 nitrogen and oxygen atoms in total. The maximum absolute atomic E-state index is 3.66. The zero-order valence-electron chi connectivity index (χ0n) is 10.1. The van der Waals surface area contributed by atoms with Crippen molar-refractivity contribution < 1.29 is 0 Å². The van der Waals surface area contributed by atoms with Gasteiger partial charge in [0.05, 0.1) is 0 Å². The van der Waals surface area contributed by atoms with Crippen LogP contribution in [0.4, 0.5) is 0 Å². The summed E-state index contributed by atoms with van der Waals surface area (Å²) >= 11 is 0. The van der Waals surface area contributed by atoms with Crippen molar-refractivity contribution in [3.63, 3.8) is 0 Å². The summed E-state index contributed by atoms with van der Waals surface area (Å²) in [6.07, 6.45) is 6.81. The fourth-order valence-electron chi connectivity index (χ4n) is 2.58. The Morgan fingerprint density at radius 2 is 1.86 bits per heavy atom. The molecule has 0 saturated carbocycles. The van der Waals surface area contributed by atoms with Gasteiger partial charge in [-0.25, -0.2) is 0 Å². The summed E-state index contributed by atoms with van der Waals surface area (Å²) in [4.78, 5) is 2.46. The number of likely N-dealkylation sites (N-methyl/N-ethyl adjacent to an activating group) is 1. The van der Waals surface area contributed by atoms with Crippen LogP contribution < -0.4 is 5.32 Å². The normalized spacial score (nSPS) is 32.8. The molecule has 1 atom stereocenters. The molecular formula is C12H26N2. The van der Waals surface area contributed by atoms with Crippen LogP contribution in [-0.2, 0) is 0 Å². The van der Waals surface area contributed by atoms with E-state index in [1.807, 2.05) is 0 Å². The molecule has 2 aliphatic rings. The second kappa shape index (κ2) is 5.72. The predicted molar refractivity (Wildman–Crippen MR) is 62.7 cm³/mol. The first-order valence-corrected chi connectivity index (χ1v) is 6.16. The van der Waals surface area contributed by atoms with E-state index in [0.29, 0.717) is 5.54 Å². The van der Waals surface area contributed by atoms with Crippen LogP contribution in [0.25, 0.3) is 0 Å². The first-order valence-electron chi connectivity index (χ1n) is 6.16. The Labute approximate surface area is 89.1 Å². The van der Waals surface area contributed by atoms with Crippen molar-refractivity contribution in [2.24, 2.45) is 0 Å². The summed E-state index contributed by atoms with van der Waals surface area (Å²) in [5.74, 6) is 0. The molecule has 0 aromatic heterocycles. The van der Waals surface area contributed by atoms with Gasteiger partial charge in [0.15, 0.2) is 0 Å². The van der Waals surface area contributed by atoms with Crippen molar-refractivity contribution in [3.05, 3.63) is 0 Å². The van der Waals surface area contributed by atoms with E-state index in [2.05, 4.69) is 31.1 Å². The van der Waals surface area contributed by atoms with E-state index in [9.17, 15) is 0 Å². The second-order valence-corrected chi connectivity index (χ2v) is 4.86. The van der Waals surface area contributed by atoms with Crippen molar-refractivity contribution >= 4 is 0 Å². The lowest BCUT2D eigenvalue weighted by Crippen LogP contribution is -2.52. The van der Waals surface area contributed by atoms with Crippen LogP contribution in [0, 0.1) is 0 Å². The van der Waals surface area contributed by atoms with E-state index >= 15 is 0 Å². The molecule has 0 amide bonds. The van der Waals surface area contributed by atoms with Gasteiger partial charge in [-0.1, -0.05) is 20.3 Å². The van der Waals surface area contributed by atoms with Crippen molar-refractivity contribution in [2.45, 2.75) is 51.5 Å². The van der Waals surface area contributed by atoms with Gasteiger partial charge in [-0.15, -0.1) is 0 Å². The molecule has 2 aliphatic heterocycles. The van der Waals surface area contributed by atoms with Gasteiger partial charge in [0, 0.05) is 12.1 Å². The van der Waals surface area contributed by atoms with Crippen LogP contribution >= 0.6 is 0 Å². The number of rotatable bonds is 0. The van der Waals surface area contributed by atoms with Crippen LogP contribution in [0.3, 0.4) is 0 Å². The number of nitrogens with zero attached hydrogens (tertiary/aromatic N) is 1. The summed E-state index contributed by atoms with van der Waals surface area (Å²) in [5, 5.41) is 3.66. The third kappa shape index (κ3) is 3.25. The number of hydrogen-bond donors (Lipinski definition) is 1. The lowest BCUT2D eigenvalue weighted by Gasteiger charge is -2.38. The lowest BCUT2D eigenvalue weighted by molar-refractivity contribution is 0.161. The summed E-state index contributed by atoms with van der Waals surface area (Å²) < 4.78 is 0. The fraction of sp³-hybridized carbons (Fsp3) is 1.00. The molecule has 2 fully saturated rings. The Balaban J connectivity index is 0.000000293. The molecular weight excluding hydrogens is 172 g/mol. The summed E-state index contributed by atoms with van der Waals surface area (Å²) in [6.45, 7) is 8.06. The molecule has 2 saturated heterocycles. The molecule has 1 spiro atoms. The van der Waals surface area contributed by atoms with E-state index in [1.165, 1.54) is 51.7 Å². The quantitative estimate of drug-likeness (QED) is 0.642. The number of piperidine rings is 1. The molecule has 84 valence electrons. The van der Waals surface area contributed by atoms with Crippen LogP contribution in [0.15, 0.2) is 0 Å². The first kappa shape index (κ1) is 12.0. The largest absolute Gasteiger partial charge is 0.310 e. The van der Waals surface area contributed by atoms with Crippen LogP contribution in [0.5, 0.6) is 0 Å². The minimum atomic E-state index is 0.521. The smallest absolute Gasteiger partial charge is 0.0309 e. The summed E-state index contributed by atoms with van der Waals surface area (Å²) in [5.41, 5.74) is 0.521. The van der Waals surface area contributed by atoms with Gasteiger partial charge >= 0.3 is 0 Å². The molecule has 2 heteroatoms. The standard InChI is InChI=1S/C9H18N2.C3H8/c1-11-7-3-5-9(8-11)4-2-6-10-9;1-3-2/h10H,2-8H2,1H3;3H2,1-2H3. The van der Waals surface area contributed by atoms with Gasteiger partial charge in [0.1, 0.15) is 0 Å². The number of hydrogen-bond acceptors (Lipinski definition) is 2. The molecule has 14 heavy (non-hydrogen) atoms. The molecule has 0 bridgehead atoms. The SMILES string of the molecule is CCC.CN1CCCC2(CCCN2)C1. The van der Waals surface area contributed by atoms with Gasteiger partial charge in [-0.05, 0) is 45.8 Å². The Morgan fingerprint density at radius 3 is 2.36 bits per heavy atom. The molecule has 2 heterocycles. The van der Waals surface area contributed by atoms with E-state index in [0.717, 1.165) is 0 Å². The van der Waals surface area contributed by atoms with Crippen LogP contribution in [0.1, 0.15) is 46.0 Å². The maximum atomic E-state index is 3.66. The fourth-order valence-corrected chi connectivity index (χ4v) is 2.58. The van der Waals surface area contributed by atoms with Crippen molar-refractivity contribution in [1.29, 1.82) is 0 Å². The molecule has 1 N–H and O–H groups in total. The second-order valence-electron chi connectivity index (χ2n) is 4.86. The highest BCUT2D eigenvalue weighted by Crippen LogP contribution is 2.28. The Kier molecular flexibility index (Phi) is 4.90. The first-order chi connectivity index (χ1) is 6.72. The van der Waals surface area contributed by atoms with E-state index in [1.54, 1.807) is 0 Å². The molecule has 1 unspecified atom stereocenters. The highest BCUT2D eigenvalue weighted by Gasteiger charge is 2.36.